The summed E-state index contributed by atoms with van der Waals surface area (Å²) in [5, 5.41) is 3.53. The number of nitrogens with one attached hydrogen (secondary N) is 1. The minimum absolute atomic E-state index is 0.0692. The van der Waals surface area contributed by atoms with Crippen LogP contribution in [0.2, 0.25) is 5.02 Å². The second-order valence-electron chi connectivity index (χ2n) is 4.82. The molecule has 0 aliphatic rings. The van der Waals surface area contributed by atoms with Crippen molar-refractivity contribution in [1.29, 1.82) is 0 Å². The van der Waals surface area contributed by atoms with E-state index in [-0.39, 0.29) is 18.1 Å². The van der Waals surface area contributed by atoms with Gasteiger partial charge < -0.3 is 5.32 Å². The third kappa shape index (κ3) is 5.20. The first-order chi connectivity index (χ1) is 10.1. The predicted octanol–water partition coefficient (Wildman–Crippen LogP) is 3.77. The van der Waals surface area contributed by atoms with E-state index in [9.17, 15) is 9.18 Å². The molecule has 0 bridgehead atoms. The zero-order chi connectivity index (χ0) is 15.1. The lowest BCUT2D eigenvalue weighted by molar-refractivity contribution is -0.121. The average molecular weight is 306 g/mol. The van der Waals surface area contributed by atoms with Crippen molar-refractivity contribution in [1.82, 2.24) is 5.32 Å². The van der Waals surface area contributed by atoms with Crippen LogP contribution < -0.4 is 5.32 Å². The van der Waals surface area contributed by atoms with Gasteiger partial charge in [0.25, 0.3) is 0 Å². The first-order valence-electron chi connectivity index (χ1n) is 6.90. The Bertz CT molecular complexity index is 615. The first kappa shape index (κ1) is 15.5. The monoisotopic (exact) mass is 305 g/mol. The Morgan fingerprint density at radius 1 is 1.10 bits per heavy atom. The van der Waals surface area contributed by atoms with Crippen molar-refractivity contribution in [3.8, 4) is 0 Å². The molecule has 110 valence electrons. The summed E-state index contributed by atoms with van der Waals surface area (Å²) < 4.78 is 13.4. The molecular weight excluding hydrogens is 289 g/mol. The molecule has 0 atom stereocenters. The molecule has 0 unspecified atom stereocenters. The van der Waals surface area contributed by atoms with Crippen molar-refractivity contribution >= 4 is 17.5 Å². The molecule has 0 aromatic heterocycles. The van der Waals surface area contributed by atoms with Crippen molar-refractivity contribution in [2.45, 2.75) is 19.3 Å². The fraction of sp³-hybridized carbons (Fsp3) is 0.235. The van der Waals surface area contributed by atoms with Gasteiger partial charge >= 0.3 is 0 Å². The highest BCUT2D eigenvalue weighted by Gasteiger charge is 2.05. The standard InChI is InChI=1S/C17H17ClFNO/c18-15-6-3-4-13(12-15)10-11-20-17(21)9-8-14-5-1-2-7-16(14)19/h1-7,12H,8-11H2,(H,20,21). The Kier molecular flexibility index (Phi) is 5.76. The Balaban J connectivity index is 1.72. The van der Waals surface area contributed by atoms with Gasteiger partial charge in [-0.15, -0.1) is 0 Å². The summed E-state index contributed by atoms with van der Waals surface area (Å²) in [6, 6.07) is 14.1. The molecule has 2 rings (SSSR count). The molecule has 2 aromatic rings. The van der Waals surface area contributed by atoms with Gasteiger partial charge in [0.15, 0.2) is 0 Å². The van der Waals surface area contributed by atoms with Crippen LogP contribution in [0, 0.1) is 5.82 Å². The van der Waals surface area contributed by atoms with Crippen LogP contribution in [0.15, 0.2) is 48.5 Å². The number of amides is 1. The highest BCUT2D eigenvalue weighted by molar-refractivity contribution is 6.30. The summed E-state index contributed by atoms with van der Waals surface area (Å²) in [5.41, 5.74) is 1.65. The van der Waals surface area contributed by atoms with E-state index >= 15 is 0 Å². The van der Waals surface area contributed by atoms with Crippen molar-refractivity contribution in [3.63, 3.8) is 0 Å². The normalized spacial score (nSPS) is 10.4. The SMILES string of the molecule is O=C(CCc1ccccc1F)NCCc1cccc(Cl)c1. The van der Waals surface area contributed by atoms with Gasteiger partial charge in [0.1, 0.15) is 5.82 Å². The van der Waals surface area contributed by atoms with Gasteiger partial charge in [-0.2, -0.15) is 0 Å². The van der Waals surface area contributed by atoms with Crippen molar-refractivity contribution in [2.75, 3.05) is 6.54 Å². The fourth-order valence-electron chi connectivity index (χ4n) is 2.08. The van der Waals surface area contributed by atoms with Crippen LogP contribution in [0.25, 0.3) is 0 Å². The van der Waals surface area contributed by atoms with E-state index in [1.54, 1.807) is 18.2 Å². The zero-order valence-corrected chi connectivity index (χ0v) is 12.4. The number of hydrogen-bond acceptors (Lipinski definition) is 1. The Morgan fingerprint density at radius 3 is 2.67 bits per heavy atom. The highest BCUT2D eigenvalue weighted by atomic mass is 35.5. The summed E-state index contributed by atoms with van der Waals surface area (Å²) in [4.78, 5) is 11.7. The lowest BCUT2D eigenvalue weighted by Crippen LogP contribution is -2.25. The van der Waals surface area contributed by atoms with Crippen LogP contribution in [-0.2, 0) is 17.6 Å². The largest absolute Gasteiger partial charge is 0.356 e. The van der Waals surface area contributed by atoms with Crippen molar-refractivity contribution in [2.24, 2.45) is 0 Å². The third-order valence-corrected chi connectivity index (χ3v) is 3.44. The van der Waals surface area contributed by atoms with E-state index in [2.05, 4.69) is 5.32 Å². The molecule has 2 nitrogen and oxygen atoms in total. The van der Waals surface area contributed by atoms with E-state index in [4.69, 9.17) is 11.6 Å². The molecule has 0 saturated carbocycles. The number of benzene rings is 2. The quantitative estimate of drug-likeness (QED) is 0.865. The molecule has 0 spiro atoms. The minimum atomic E-state index is -0.260. The van der Waals surface area contributed by atoms with E-state index in [1.165, 1.54) is 6.07 Å². The molecule has 0 aliphatic carbocycles. The van der Waals surface area contributed by atoms with E-state index in [0.717, 1.165) is 12.0 Å². The van der Waals surface area contributed by atoms with Crippen LogP contribution in [0.5, 0.6) is 0 Å². The first-order valence-corrected chi connectivity index (χ1v) is 7.27. The van der Waals surface area contributed by atoms with E-state index < -0.39 is 0 Å². The summed E-state index contributed by atoms with van der Waals surface area (Å²) in [6.07, 6.45) is 1.43. The van der Waals surface area contributed by atoms with Crippen LogP contribution in [0.3, 0.4) is 0 Å². The molecule has 0 fully saturated rings. The smallest absolute Gasteiger partial charge is 0.220 e. The second-order valence-corrected chi connectivity index (χ2v) is 5.26. The topological polar surface area (TPSA) is 29.1 Å². The zero-order valence-electron chi connectivity index (χ0n) is 11.6. The van der Waals surface area contributed by atoms with E-state index in [0.29, 0.717) is 23.6 Å². The lowest BCUT2D eigenvalue weighted by Gasteiger charge is -2.06. The van der Waals surface area contributed by atoms with Gasteiger partial charge in [0.2, 0.25) is 5.91 Å². The molecule has 0 saturated heterocycles. The molecule has 0 heterocycles. The fourth-order valence-corrected chi connectivity index (χ4v) is 2.29. The van der Waals surface area contributed by atoms with Gasteiger partial charge in [-0.3, -0.25) is 4.79 Å². The average Bonchev–Trinajstić information content (AvgIpc) is 2.46. The summed E-state index contributed by atoms with van der Waals surface area (Å²) >= 11 is 5.90. The number of rotatable bonds is 6. The number of carbonyl (C=O) groups excluding carboxylic acids is 1. The number of hydrogen-bond donors (Lipinski definition) is 1. The van der Waals surface area contributed by atoms with Gasteiger partial charge in [-0.25, -0.2) is 4.39 Å². The van der Waals surface area contributed by atoms with Gasteiger partial charge in [-0.05, 0) is 42.2 Å². The molecule has 21 heavy (non-hydrogen) atoms. The number of aryl methyl sites for hydroxylation is 1. The Labute approximate surface area is 128 Å². The number of halogens is 2. The minimum Gasteiger partial charge on any atom is -0.356 e. The molecule has 1 amide bonds. The van der Waals surface area contributed by atoms with Crippen LogP contribution in [-0.4, -0.2) is 12.5 Å². The van der Waals surface area contributed by atoms with Crippen LogP contribution >= 0.6 is 11.6 Å². The summed E-state index contributed by atoms with van der Waals surface area (Å²) in [7, 11) is 0. The molecule has 0 radical (unpaired) electrons. The third-order valence-electron chi connectivity index (χ3n) is 3.20. The lowest BCUT2D eigenvalue weighted by atomic mass is 10.1. The molecule has 2 aromatic carbocycles. The van der Waals surface area contributed by atoms with Crippen molar-refractivity contribution in [3.05, 3.63) is 70.5 Å². The van der Waals surface area contributed by atoms with E-state index in [1.807, 2.05) is 24.3 Å². The maximum absolute atomic E-state index is 13.4. The molecule has 0 aliphatic heterocycles. The molecule has 4 heteroatoms. The second kappa shape index (κ2) is 7.79. The highest BCUT2D eigenvalue weighted by Crippen LogP contribution is 2.11. The maximum Gasteiger partial charge on any atom is 0.220 e. The molecule has 1 N–H and O–H groups in total. The van der Waals surface area contributed by atoms with Crippen LogP contribution in [0.4, 0.5) is 4.39 Å². The summed E-state index contributed by atoms with van der Waals surface area (Å²) in [5.74, 6) is -0.329. The Hall–Kier alpha value is -1.87. The van der Waals surface area contributed by atoms with Gasteiger partial charge in [0.05, 0.1) is 0 Å². The summed E-state index contributed by atoms with van der Waals surface area (Å²) in [6.45, 7) is 0.552. The number of carbonyl (C=O) groups is 1. The Morgan fingerprint density at radius 2 is 1.90 bits per heavy atom. The van der Waals surface area contributed by atoms with Crippen molar-refractivity contribution < 1.29 is 9.18 Å². The van der Waals surface area contributed by atoms with Crippen LogP contribution in [0.1, 0.15) is 17.5 Å². The molecular formula is C17H17ClFNO. The maximum atomic E-state index is 13.4. The predicted molar refractivity (Wildman–Crippen MR) is 82.9 cm³/mol. The van der Waals surface area contributed by atoms with Gasteiger partial charge in [-0.1, -0.05) is 41.9 Å². The van der Waals surface area contributed by atoms with Gasteiger partial charge in [0, 0.05) is 18.0 Å².